The summed E-state index contributed by atoms with van der Waals surface area (Å²) < 4.78 is 30.2. The molecule has 0 aromatic carbocycles. The maximum absolute atomic E-state index is 12.6. The third kappa shape index (κ3) is 2.99. The van der Waals surface area contributed by atoms with E-state index in [0.717, 1.165) is 4.31 Å². The lowest BCUT2D eigenvalue weighted by molar-refractivity contribution is 0.0726. The van der Waals surface area contributed by atoms with E-state index >= 15 is 0 Å². The Labute approximate surface area is 138 Å². The Bertz CT molecular complexity index is 863. The first-order valence-corrected chi connectivity index (χ1v) is 8.98. The standard InChI is InChI=1S/C14H18N4O5S/c1-17(2)24(21,22)8-9-6-18(7-11(9)19)14(20)12-10-4-3-5-15-13(10)16-23-12/h3-5,9,11,19H,6-8H2,1-2H3/t9-,11-/m0/s1. The molecule has 10 heteroatoms. The van der Waals surface area contributed by atoms with Crippen molar-refractivity contribution in [3.63, 3.8) is 0 Å². The topological polar surface area (TPSA) is 117 Å². The number of hydrogen-bond donors (Lipinski definition) is 1. The van der Waals surface area contributed by atoms with Crippen LogP contribution in [0.15, 0.2) is 22.9 Å². The van der Waals surface area contributed by atoms with Crippen LogP contribution in [0.3, 0.4) is 0 Å². The van der Waals surface area contributed by atoms with Gasteiger partial charge >= 0.3 is 0 Å². The fourth-order valence-corrected chi connectivity index (χ4v) is 3.85. The van der Waals surface area contributed by atoms with Crippen LogP contribution in [0.2, 0.25) is 0 Å². The molecule has 0 radical (unpaired) electrons. The van der Waals surface area contributed by atoms with Gasteiger partial charge in [0, 0.05) is 39.3 Å². The van der Waals surface area contributed by atoms with E-state index in [1.165, 1.54) is 19.0 Å². The summed E-state index contributed by atoms with van der Waals surface area (Å²) in [4.78, 5) is 18.0. The number of sulfonamides is 1. The highest BCUT2D eigenvalue weighted by molar-refractivity contribution is 7.89. The smallest absolute Gasteiger partial charge is 0.293 e. The molecule has 24 heavy (non-hydrogen) atoms. The lowest BCUT2D eigenvalue weighted by Crippen LogP contribution is -2.33. The number of fused-ring (bicyclic) bond motifs is 1. The van der Waals surface area contributed by atoms with Crippen LogP contribution in [-0.2, 0) is 10.0 Å². The number of aliphatic hydroxyl groups is 1. The van der Waals surface area contributed by atoms with Crippen molar-refractivity contribution in [3.05, 3.63) is 24.1 Å². The number of nitrogens with zero attached hydrogens (tertiary/aromatic N) is 4. The van der Waals surface area contributed by atoms with Gasteiger partial charge in [0.1, 0.15) is 0 Å². The molecule has 1 aliphatic rings. The molecule has 0 saturated carbocycles. The second-order valence-corrected chi connectivity index (χ2v) is 8.21. The third-order valence-corrected chi connectivity index (χ3v) is 6.09. The van der Waals surface area contributed by atoms with Crippen LogP contribution >= 0.6 is 0 Å². The first-order chi connectivity index (χ1) is 11.3. The van der Waals surface area contributed by atoms with Crippen molar-refractivity contribution in [2.45, 2.75) is 6.10 Å². The number of likely N-dealkylation sites (tertiary alicyclic amines) is 1. The number of carbonyl (C=O) groups is 1. The molecule has 1 saturated heterocycles. The minimum atomic E-state index is -3.46. The summed E-state index contributed by atoms with van der Waals surface area (Å²) in [5.74, 6) is -1.16. The van der Waals surface area contributed by atoms with Crippen LogP contribution in [0.25, 0.3) is 11.0 Å². The molecular formula is C14H18N4O5S. The number of aliphatic hydroxyl groups excluding tert-OH is 1. The highest BCUT2D eigenvalue weighted by Gasteiger charge is 2.39. The summed E-state index contributed by atoms with van der Waals surface area (Å²) in [6, 6.07) is 3.34. The molecule has 1 N–H and O–H groups in total. The maximum atomic E-state index is 12.6. The average molecular weight is 354 g/mol. The van der Waals surface area contributed by atoms with Gasteiger partial charge in [-0.05, 0) is 12.1 Å². The van der Waals surface area contributed by atoms with E-state index in [4.69, 9.17) is 4.52 Å². The minimum absolute atomic E-state index is 0.0430. The third-order valence-electron chi connectivity index (χ3n) is 4.12. The molecule has 9 nitrogen and oxygen atoms in total. The van der Waals surface area contributed by atoms with Gasteiger partial charge in [0.2, 0.25) is 21.4 Å². The number of β-amino-alcohol motifs (C(OH)–C–C–N with tert-alkyl or cyclic N) is 1. The molecule has 3 heterocycles. The fourth-order valence-electron chi connectivity index (χ4n) is 2.69. The van der Waals surface area contributed by atoms with Gasteiger partial charge in [0.15, 0.2) is 0 Å². The summed E-state index contributed by atoms with van der Waals surface area (Å²) in [6.07, 6.45) is 0.636. The van der Waals surface area contributed by atoms with Gasteiger partial charge in [-0.15, -0.1) is 0 Å². The summed E-state index contributed by atoms with van der Waals surface area (Å²) in [5.41, 5.74) is 0.326. The van der Waals surface area contributed by atoms with Crippen molar-refractivity contribution >= 4 is 27.0 Å². The molecule has 3 rings (SSSR count). The quantitative estimate of drug-likeness (QED) is 0.790. The molecule has 0 bridgehead atoms. The van der Waals surface area contributed by atoms with E-state index in [1.807, 2.05) is 0 Å². The normalized spacial score (nSPS) is 21.8. The predicted octanol–water partition coefficient (Wildman–Crippen LogP) is -0.453. The first-order valence-electron chi connectivity index (χ1n) is 7.37. The van der Waals surface area contributed by atoms with Crippen molar-refractivity contribution in [1.29, 1.82) is 0 Å². The lowest BCUT2D eigenvalue weighted by atomic mass is 10.1. The van der Waals surface area contributed by atoms with Gasteiger partial charge < -0.3 is 14.5 Å². The highest BCUT2D eigenvalue weighted by Crippen LogP contribution is 2.24. The monoisotopic (exact) mass is 354 g/mol. The number of pyridine rings is 1. The maximum Gasteiger partial charge on any atom is 0.293 e. The largest absolute Gasteiger partial charge is 0.391 e. The predicted molar refractivity (Wildman–Crippen MR) is 84.7 cm³/mol. The molecule has 0 aliphatic carbocycles. The molecule has 130 valence electrons. The molecule has 0 spiro atoms. The van der Waals surface area contributed by atoms with Crippen LogP contribution in [0.4, 0.5) is 0 Å². The number of carbonyl (C=O) groups excluding carboxylic acids is 1. The molecule has 2 aromatic rings. The van der Waals surface area contributed by atoms with Gasteiger partial charge in [-0.2, -0.15) is 0 Å². The second-order valence-electron chi connectivity index (χ2n) is 5.98. The zero-order chi connectivity index (χ0) is 17.5. The highest BCUT2D eigenvalue weighted by atomic mass is 32.2. The van der Waals surface area contributed by atoms with E-state index in [-0.39, 0.29) is 24.6 Å². The van der Waals surface area contributed by atoms with Crippen molar-refractivity contribution in [2.24, 2.45) is 5.92 Å². The van der Waals surface area contributed by atoms with Crippen molar-refractivity contribution in [1.82, 2.24) is 19.3 Å². The molecule has 1 fully saturated rings. The molecule has 2 atom stereocenters. The van der Waals surface area contributed by atoms with Crippen LogP contribution in [-0.4, -0.2) is 77.8 Å². The summed E-state index contributed by atoms with van der Waals surface area (Å²) in [7, 11) is -0.587. The van der Waals surface area contributed by atoms with E-state index in [2.05, 4.69) is 10.1 Å². The zero-order valence-electron chi connectivity index (χ0n) is 13.3. The van der Waals surface area contributed by atoms with Crippen LogP contribution in [0, 0.1) is 5.92 Å². The van der Waals surface area contributed by atoms with E-state index in [1.54, 1.807) is 18.3 Å². The van der Waals surface area contributed by atoms with E-state index in [0.29, 0.717) is 11.0 Å². The van der Waals surface area contributed by atoms with Gasteiger partial charge in [-0.25, -0.2) is 17.7 Å². The Hall–Kier alpha value is -2.04. The Morgan fingerprint density at radius 3 is 2.92 bits per heavy atom. The SMILES string of the molecule is CN(C)S(=O)(=O)C[C@@H]1CN(C(=O)c2onc3ncccc23)C[C@@H]1O. The zero-order valence-corrected chi connectivity index (χ0v) is 14.1. The summed E-state index contributed by atoms with van der Waals surface area (Å²) in [5, 5.41) is 14.3. The number of aromatic nitrogens is 2. The Kier molecular flexibility index (Phi) is 4.28. The van der Waals surface area contributed by atoms with Gasteiger partial charge in [-0.3, -0.25) is 4.79 Å². The Morgan fingerprint density at radius 1 is 1.46 bits per heavy atom. The minimum Gasteiger partial charge on any atom is -0.391 e. The van der Waals surface area contributed by atoms with Crippen molar-refractivity contribution in [2.75, 3.05) is 32.9 Å². The van der Waals surface area contributed by atoms with E-state index in [9.17, 15) is 18.3 Å². The van der Waals surface area contributed by atoms with Crippen LogP contribution in [0.1, 0.15) is 10.6 Å². The fraction of sp³-hybridized carbons (Fsp3) is 0.500. The first kappa shape index (κ1) is 16.8. The summed E-state index contributed by atoms with van der Waals surface area (Å²) in [6.45, 7) is 0.185. The van der Waals surface area contributed by atoms with Crippen molar-refractivity contribution in [3.8, 4) is 0 Å². The molecule has 0 unspecified atom stereocenters. The van der Waals surface area contributed by atoms with Crippen LogP contribution in [0.5, 0.6) is 0 Å². The second kappa shape index (κ2) is 6.11. The molecule has 1 amide bonds. The van der Waals surface area contributed by atoms with Gasteiger partial charge in [0.25, 0.3) is 5.91 Å². The average Bonchev–Trinajstić information content (AvgIpc) is 3.10. The van der Waals surface area contributed by atoms with Gasteiger partial charge in [-0.1, -0.05) is 5.16 Å². The lowest BCUT2D eigenvalue weighted by Gasteiger charge is -2.17. The number of rotatable bonds is 4. The molecule has 1 aliphatic heterocycles. The van der Waals surface area contributed by atoms with Crippen molar-refractivity contribution < 1.29 is 22.8 Å². The molecule has 2 aromatic heterocycles. The summed E-state index contributed by atoms with van der Waals surface area (Å²) >= 11 is 0. The number of hydrogen-bond acceptors (Lipinski definition) is 7. The van der Waals surface area contributed by atoms with E-state index < -0.39 is 28.0 Å². The Morgan fingerprint density at radius 2 is 2.21 bits per heavy atom. The van der Waals surface area contributed by atoms with Gasteiger partial charge in [0.05, 0.1) is 17.2 Å². The molecular weight excluding hydrogens is 336 g/mol. The van der Waals surface area contributed by atoms with Crippen LogP contribution < -0.4 is 0 Å². The Balaban J connectivity index is 1.78. The number of amides is 1.